The van der Waals surface area contributed by atoms with Crippen LogP contribution in [0, 0.1) is 12.8 Å². The maximum absolute atomic E-state index is 13.0. The first-order valence-corrected chi connectivity index (χ1v) is 8.03. The summed E-state index contributed by atoms with van der Waals surface area (Å²) in [5.41, 5.74) is 2.43. The fourth-order valence-corrected chi connectivity index (χ4v) is 2.69. The van der Waals surface area contributed by atoms with Gasteiger partial charge in [0, 0.05) is 11.5 Å². The van der Waals surface area contributed by atoms with E-state index >= 15 is 0 Å². The maximum atomic E-state index is 13.0. The molecule has 0 heterocycles. The lowest BCUT2D eigenvalue weighted by Crippen LogP contribution is -2.31. The number of hydrogen-bond acceptors (Lipinski definition) is 3. The predicted octanol–water partition coefficient (Wildman–Crippen LogP) is 4.33. The highest BCUT2D eigenvalue weighted by Gasteiger charge is 2.35. The summed E-state index contributed by atoms with van der Waals surface area (Å²) in [6.07, 6.45) is 1.64. The molecule has 0 aliphatic rings. The molecule has 0 fully saturated rings. The zero-order valence-electron chi connectivity index (χ0n) is 14.1. The van der Waals surface area contributed by atoms with Crippen LogP contribution in [0.15, 0.2) is 67.3 Å². The maximum Gasteiger partial charge on any atom is 0.317 e. The van der Waals surface area contributed by atoms with Gasteiger partial charge >= 0.3 is 5.97 Å². The molecule has 0 aliphatic heterocycles. The van der Waals surface area contributed by atoms with Crippen LogP contribution < -0.4 is 0 Å². The largest absolute Gasteiger partial charge is 0.465 e. The number of Topliss-reactive ketones (excluding diaryl/α,β-unsaturated/α-hetero) is 1. The second kappa shape index (κ2) is 8.25. The summed E-state index contributed by atoms with van der Waals surface area (Å²) in [6, 6.07) is 16.6. The van der Waals surface area contributed by atoms with Crippen molar-refractivity contribution in [3.05, 3.63) is 83.9 Å². The van der Waals surface area contributed by atoms with Crippen molar-refractivity contribution < 1.29 is 14.3 Å². The molecule has 2 rings (SSSR count). The SMILES string of the molecule is C=C[C@@H](c1ccccc1)[C@@H](C(=O)OCC)C(=O)c1ccc(C)cc1. The van der Waals surface area contributed by atoms with E-state index in [1.165, 1.54) is 0 Å². The summed E-state index contributed by atoms with van der Waals surface area (Å²) in [4.78, 5) is 25.5. The second-order valence-corrected chi connectivity index (χ2v) is 5.63. The zero-order valence-corrected chi connectivity index (χ0v) is 14.1. The smallest absolute Gasteiger partial charge is 0.317 e. The number of carbonyl (C=O) groups is 2. The molecule has 0 aromatic heterocycles. The van der Waals surface area contributed by atoms with Gasteiger partial charge in [-0.25, -0.2) is 0 Å². The number of carbonyl (C=O) groups excluding carboxylic acids is 2. The summed E-state index contributed by atoms with van der Waals surface area (Å²) in [7, 11) is 0. The van der Waals surface area contributed by atoms with Gasteiger partial charge in [-0.05, 0) is 19.4 Å². The Morgan fingerprint density at radius 3 is 2.25 bits per heavy atom. The number of esters is 1. The number of ether oxygens (including phenoxy) is 1. The second-order valence-electron chi connectivity index (χ2n) is 5.63. The molecule has 2 atom stereocenters. The van der Waals surface area contributed by atoms with Crippen LogP contribution in [0.25, 0.3) is 0 Å². The van der Waals surface area contributed by atoms with Crippen molar-refractivity contribution in [2.24, 2.45) is 5.92 Å². The van der Waals surface area contributed by atoms with Crippen LogP contribution in [0.4, 0.5) is 0 Å². The monoisotopic (exact) mass is 322 g/mol. The Bertz CT molecular complexity index is 702. The highest BCUT2D eigenvalue weighted by Crippen LogP contribution is 2.30. The summed E-state index contributed by atoms with van der Waals surface area (Å²) in [6.45, 7) is 7.75. The van der Waals surface area contributed by atoms with Crippen LogP contribution in [0.1, 0.15) is 34.3 Å². The highest BCUT2D eigenvalue weighted by molar-refractivity contribution is 6.09. The minimum absolute atomic E-state index is 0.231. The third kappa shape index (κ3) is 3.99. The van der Waals surface area contributed by atoms with E-state index in [9.17, 15) is 9.59 Å². The lowest BCUT2D eigenvalue weighted by molar-refractivity contribution is -0.146. The Morgan fingerprint density at radius 2 is 1.71 bits per heavy atom. The first kappa shape index (κ1) is 17.7. The molecule has 0 N–H and O–H groups in total. The van der Waals surface area contributed by atoms with Crippen molar-refractivity contribution in [2.75, 3.05) is 6.61 Å². The minimum atomic E-state index is -0.937. The van der Waals surface area contributed by atoms with E-state index in [1.54, 1.807) is 25.1 Å². The van der Waals surface area contributed by atoms with Crippen molar-refractivity contribution in [1.82, 2.24) is 0 Å². The predicted molar refractivity (Wildman–Crippen MR) is 95.0 cm³/mol. The van der Waals surface area contributed by atoms with Gasteiger partial charge in [-0.15, -0.1) is 6.58 Å². The number of rotatable bonds is 7. The standard InChI is InChI=1S/C21H22O3/c1-4-18(16-9-7-6-8-10-16)19(21(23)24-5-2)20(22)17-13-11-15(3)12-14-17/h4,6-14,18-19H,1,5H2,2-3H3/t18-,19+/m0/s1. The van der Waals surface area contributed by atoms with Gasteiger partial charge in [-0.3, -0.25) is 9.59 Å². The van der Waals surface area contributed by atoms with Gasteiger partial charge in [0.05, 0.1) is 6.61 Å². The molecule has 0 saturated heterocycles. The number of aryl methyl sites for hydroxylation is 1. The molecule has 2 aromatic rings. The Labute approximate surface area is 143 Å². The van der Waals surface area contributed by atoms with Crippen molar-refractivity contribution in [1.29, 1.82) is 0 Å². The summed E-state index contributed by atoms with van der Waals surface area (Å²) >= 11 is 0. The average molecular weight is 322 g/mol. The van der Waals surface area contributed by atoms with E-state index in [2.05, 4.69) is 6.58 Å². The third-order valence-electron chi connectivity index (χ3n) is 3.96. The molecular formula is C21H22O3. The van der Waals surface area contributed by atoms with Crippen LogP contribution in [-0.4, -0.2) is 18.4 Å². The Hall–Kier alpha value is -2.68. The fourth-order valence-electron chi connectivity index (χ4n) is 2.69. The van der Waals surface area contributed by atoms with Crippen LogP contribution in [0.5, 0.6) is 0 Å². The molecule has 0 bridgehead atoms. The molecule has 0 unspecified atom stereocenters. The van der Waals surface area contributed by atoms with Crippen molar-refractivity contribution >= 4 is 11.8 Å². The number of hydrogen-bond donors (Lipinski definition) is 0. The third-order valence-corrected chi connectivity index (χ3v) is 3.96. The molecule has 24 heavy (non-hydrogen) atoms. The van der Waals surface area contributed by atoms with E-state index in [1.807, 2.05) is 49.4 Å². The van der Waals surface area contributed by atoms with E-state index < -0.39 is 17.8 Å². The molecule has 0 amide bonds. The quantitative estimate of drug-likeness (QED) is 0.330. The normalized spacial score (nSPS) is 12.9. The van der Waals surface area contributed by atoms with Crippen LogP contribution in [0.2, 0.25) is 0 Å². The van der Waals surface area contributed by atoms with Crippen LogP contribution >= 0.6 is 0 Å². The fraction of sp³-hybridized carbons (Fsp3) is 0.238. The lowest BCUT2D eigenvalue weighted by Gasteiger charge is -2.22. The zero-order chi connectivity index (χ0) is 17.5. The van der Waals surface area contributed by atoms with Gasteiger partial charge < -0.3 is 4.74 Å². The molecule has 124 valence electrons. The Morgan fingerprint density at radius 1 is 1.08 bits per heavy atom. The van der Waals surface area contributed by atoms with Crippen molar-refractivity contribution in [3.8, 4) is 0 Å². The van der Waals surface area contributed by atoms with E-state index in [-0.39, 0.29) is 12.4 Å². The lowest BCUT2D eigenvalue weighted by atomic mass is 9.81. The first-order chi connectivity index (χ1) is 11.6. The topological polar surface area (TPSA) is 43.4 Å². The van der Waals surface area contributed by atoms with Gasteiger partial charge in [0.25, 0.3) is 0 Å². The molecule has 2 aromatic carbocycles. The first-order valence-electron chi connectivity index (χ1n) is 8.03. The number of allylic oxidation sites excluding steroid dienone is 1. The van der Waals surface area contributed by atoms with E-state index in [4.69, 9.17) is 4.74 Å². The van der Waals surface area contributed by atoms with Crippen LogP contribution in [0.3, 0.4) is 0 Å². The van der Waals surface area contributed by atoms with Gasteiger partial charge in [-0.2, -0.15) is 0 Å². The number of benzene rings is 2. The van der Waals surface area contributed by atoms with Crippen molar-refractivity contribution in [3.63, 3.8) is 0 Å². The molecule has 0 aliphatic carbocycles. The van der Waals surface area contributed by atoms with Gasteiger partial charge in [0.1, 0.15) is 5.92 Å². The summed E-state index contributed by atoms with van der Waals surface area (Å²) in [5, 5.41) is 0. The van der Waals surface area contributed by atoms with Crippen molar-refractivity contribution in [2.45, 2.75) is 19.8 Å². The summed E-state index contributed by atoms with van der Waals surface area (Å²) < 4.78 is 5.17. The highest BCUT2D eigenvalue weighted by atomic mass is 16.5. The molecule has 3 heteroatoms. The molecular weight excluding hydrogens is 300 g/mol. The Balaban J connectivity index is 2.43. The molecule has 3 nitrogen and oxygen atoms in total. The van der Waals surface area contributed by atoms with Crippen LogP contribution in [-0.2, 0) is 9.53 Å². The van der Waals surface area contributed by atoms with E-state index in [0.717, 1.165) is 11.1 Å². The van der Waals surface area contributed by atoms with Gasteiger partial charge in [0.2, 0.25) is 0 Å². The Kier molecular flexibility index (Phi) is 6.07. The molecule has 0 radical (unpaired) electrons. The molecule has 0 spiro atoms. The summed E-state index contributed by atoms with van der Waals surface area (Å²) in [5.74, 6) is -2.13. The number of ketones is 1. The molecule has 0 saturated carbocycles. The van der Waals surface area contributed by atoms with Gasteiger partial charge in [-0.1, -0.05) is 66.2 Å². The minimum Gasteiger partial charge on any atom is -0.465 e. The average Bonchev–Trinajstić information content (AvgIpc) is 2.60. The van der Waals surface area contributed by atoms with Gasteiger partial charge in [0.15, 0.2) is 5.78 Å². The van der Waals surface area contributed by atoms with E-state index in [0.29, 0.717) is 5.56 Å².